The average Bonchev–Trinajstić information content (AvgIpc) is 2.67. The molecule has 0 bridgehead atoms. The van der Waals surface area contributed by atoms with Crippen LogP contribution in [0.5, 0.6) is 0 Å². The van der Waals surface area contributed by atoms with Crippen molar-refractivity contribution in [2.75, 3.05) is 25.0 Å². The zero-order chi connectivity index (χ0) is 17.3. The maximum Gasteiger partial charge on any atom is 0.227 e. The molecule has 0 radical (unpaired) electrons. The van der Waals surface area contributed by atoms with Gasteiger partial charge in [-0.3, -0.25) is 4.79 Å². The molecule has 0 atom stereocenters. The number of amides is 1. The Labute approximate surface area is 161 Å². The Bertz CT molecular complexity index is 673. The van der Waals surface area contributed by atoms with Gasteiger partial charge in [-0.15, -0.1) is 12.4 Å². The molecule has 2 aromatic carbocycles. The first-order valence-electron chi connectivity index (χ1n) is 9.03. The van der Waals surface area contributed by atoms with Gasteiger partial charge in [0.25, 0.3) is 0 Å². The van der Waals surface area contributed by atoms with Gasteiger partial charge >= 0.3 is 0 Å². The van der Waals surface area contributed by atoms with Crippen LogP contribution < -0.4 is 10.6 Å². The number of nitrogens with one attached hydrogen (secondary N) is 2. The van der Waals surface area contributed by atoms with Gasteiger partial charge in [0.1, 0.15) is 0 Å². The predicted molar refractivity (Wildman–Crippen MR) is 108 cm³/mol. The van der Waals surface area contributed by atoms with E-state index in [-0.39, 0.29) is 24.2 Å². The van der Waals surface area contributed by atoms with Crippen LogP contribution in [0.1, 0.15) is 24.0 Å². The molecule has 2 N–H and O–H groups in total. The van der Waals surface area contributed by atoms with Crippen LogP contribution in [0, 0.1) is 5.92 Å². The molecule has 26 heavy (non-hydrogen) atoms. The molecule has 5 heteroatoms. The van der Waals surface area contributed by atoms with Crippen molar-refractivity contribution in [3.05, 3.63) is 65.7 Å². The summed E-state index contributed by atoms with van der Waals surface area (Å²) in [6, 6.07) is 18.3. The van der Waals surface area contributed by atoms with Crippen molar-refractivity contribution >= 4 is 24.0 Å². The average molecular weight is 375 g/mol. The summed E-state index contributed by atoms with van der Waals surface area (Å²) in [6.07, 6.45) is 2.73. The Kier molecular flexibility index (Phi) is 8.62. The third-order valence-corrected chi connectivity index (χ3v) is 4.55. The van der Waals surface area contributed by atoms with Gasteiger partial charge in [-0.25, -0.2) is 0 Å². The predicted octanol–water partition coefficient (Wildman–Crippen LogP) is 3.81. The van der Waals surface area contributed by atoms with E-state index in [2.05, 4.69) is 22.8 Å². The largest absolute Gasteiger partial charge is 0.376 e. The van der Waals surface area contributed by atoms with Crippen molar-refractivity contribution in [1.29, 1.82) is 0 Å². The summed E-state index contributed by atoms with van der Waals surface area (Å²) in [5.74, 6) is 0.246. The number of benzene rings is 2. The fourth-order valence-corrected chi connectivity index (χ4v) is 3.09. The van der Waals surface area contributed by atoms with Crippen molar-refractivity contribution < 1.29 is 9.53 Å². The highest BCUT2D eigenvalue weighted by Crippen LogP contribution is 2.17. The fourth-order valence-electron chi connectivity index (χ4n) is 3.09. The second kappa shape index (κ2) is 11.0. The fraction of sp³-hybridized carbons (Fsp3) is 0.381. The summed E-state index contributed by atoms with van der Waals surface area (Å²) >= 11 is 0. The molecule has 0 unspecified atom stereocenters. The van der Waals surface area contributed by atoms with Gasteiger partial charge in [-0.1, -0.05) is 42.5 Å². The summed E-state index contributed by atoms with van der Waals surface area (Å²) in [5, 5.41) is 6.33. The molecule has 0 aliphatic carbocycles. The monoisotopic (exact) mass is 374 g/mol. The quantitative estimate of drug-likeness (QED) is 0.724. The zero-order valence-corrected chi connectivity index (χ0v) is 15.8. The van der Waals surface area contributed by atoms with Crippen LogP contribution in [0.3, 0.4) is 0 Å². The topological polar surface area (TPSA) is 50.4 Å². The second-order valence-corrected chi connectivity index (χ2v) is 6.50. The SMILES string of the molecule is Cl.O=C(Nc1cccc(COCCc2ccccc2)c1)C1CCNCC1. The van der Waals surface area contributed by atoms with Crippen LogP contribution >= 0.6 is 12.4 Å². The van der Waals surface area contributed by atoms with E-state index in [4.69, 9.17) is 4.74 Å². The first kappa shape index (κ1) is 20.4. The van der Waals surface area contributed by atoms with Crippen molar-refractivity contribution in [3.63, 3.8) is 0 Å². The third-order valence-electron chi connectivity index (χ3n) is 4.55. The van der Waals surface area contributed by atoms with Crippen LogP contribution in [0.15, 0.2) is 54.6 Å². The molecule has 1 saturated heterocycles. The highest BCUT2D eigenvalue weighted by molar-refractivity contribution is 5.92. The zero-order valence-electron chi connectivity index (χ0n) is 14.9. The van der Waals surface area contributed by atoms with Crippen LogP contribution in [-0.2, 0) is 22.6 Å². The second-order valence-electron chi connectivity index (χ2n) is 6.50. The van der Waals surface area contributed by atoms with Gasteiger partial charge in [0.15, 0.2) is 0 Å². The summed E-state index contributed by atoms with van der Waals surface area (Å²) in [7, 11) is 0. The normalized spacial score (nSPS) is 14.5. The lowest BCUT2D eigenvalue weighted by atomic mass is 9.97. The lowest BCUT2D eigenvalue weighted by Crippen LogP contribution is -2.34. The van der Waals surface area contributed by atoms with Gasteiger partial charge in [0.2, 0.25) is 5.91 Å². The van der Waals surface area contributed by atoms with E-state index in [9.17, 15) is 4.79 Å². The minimum absolute atomic E-state index is 0. The van der Waals surface area contributed by atoms with E-state index in [0.717, 1.165) is 43.6 Å². The third kappa shape index (κ3) is 6.45. The number of ether oxygens (including phenoxy) is 1. The minimum Gasteiger partial charge on any atom is -0.376 e. The molecule has 3 rings (SSSR count). The van der Waals surface area contributed by atoms with Gasteiger partial charge in [-0.05, 0) is 55.6 Å². The molecule has 4 nitrogen and oxygen atoms in total. The van der Waals surface area contributed by atoms with Crippen molar-refractivity contribution in [3.8, 4) is 0 Å². The van der Waals surface area contributed by atoms with Gasteiger partial charge in [0.05, 0.1) is 13.2 Å². The number of anilines is 1. The first-order chi connectivity index (χ1) is 12.3. The van der Waals surface area contributed by atoms with Crippen molar-refractivity contribution in [2.24, 2.45) is 5.92 Å². The number of carbonyl (C=O) groups excluding carboxylic acids is 1. The number of piperidine rings is 1. The molecule has 140 valence electrons. The summed E-state index contributed by atoms with van der Waals surface area (Å²) in [5.41, 5.74) is 3.22. The Morgan fingerprint density at radius 3 is 2.54 bits per heavy atom. The molecular formula is C21H27ClN2O2. The summed E-state index contributed by atoms with van der Waals surface area (Å²) in [6.45, 7) is 3.10. The van der Waals surface area contributed by atoms with Crippen LogP contribution in [-0.4, -0.2) is 25.6 Å². The van der Waals surface area contributed by atoms with E-state index in [1.807, 2.05) is 42.5 Å². The highest BCUT2D eigenvalue weighted by atomic mass is 35.5. The van der Waals surface area contributed by atoms with Crippen molar-refractivity contribution in [1.82, 2.24) is 5.32 Å². The Balaban J connectivity index is 0.00000243. The van der Waals surface area contributed by atoms with E-state index in [1.54, 1.807) is 0 Å². The molecule has 1 heterocycles. The Morgan fingerprint density at radius 2 is 1.77 bits per heavy atom. The molecule has 1 fully saturated rings. The maximum absolute atomic E-state index is 12.3. The van der Waals surface area contributed by atoms with Gasteiger partial charge in [-0.2, -0.15) is 0 Å². The van der Waals surface area contributed by atoms with Gasteiger partial charge in [0, 0.05) is 11.6 Å². The first-order valence-corrected chi connectivity index (χ1v) is 9.03. The molecule has 1 aliphatic rings. The number of halogens is 1. The van der Waals surface area contributed by atoms with Crippen molar-refractivity contribution in [2.45, 2.75) is 25.9 Å². The molecule has 1 aliphatic heterocycles. The van der Waals surface area contributed by atoms with Crippen LogP contribution in [0.2, 0.25) is 0 Å². The standard InChI is InChI=1S/C21H26N2O2.ClH/c24-21(19-9-12-22-13-10-19)23-20-8-4-7-18(15-20)16-25-14-11-17-5-2-1-3-6-17;/h1-8,15,19,22H,9-14,16H2,(H,23,24);1H. The van der Waals surface area contributed by atoms with E-state index in [1.165, 1.54) is 5.56 Å². The highest BCUT2D eigenvalue weighted by Gasteiger charge is 2.20. The molecule has 1 amide bonds. The smallest absolute Gasteiger partial charge is 0.227 e. The van der Waals surface area contributed by atoms with E-state index >= 15 is 0 Å². The summed E-state index contributed by atoms with van der Waals surface area (Å²) in [4.78, 5) is 12.3. The van der Waals surface area contributed by atoms with E-state index < -0.39 is 0 Å². The number of rotatable bonds is 7. The molecule has 0 saturated carbocycles. The number of carbonyl (C=O) groups is 1. The maximum atomic E-state index is 12.3. The number of hydrogen-bond acceptors (Lipinski definition) is 3. The molecule has 0 spiro atoms. The Hall–Kier alpha value is -1.88. The lowest BCUT2D eigenvalue weighted by Gasteiger charge is -2.21. The summed E-state index contributed by atoms with van der Waals surface area (Å²) < 4.78 is 5.78. The van der Waals surface area contributed by atoms with Crippen LogP contribution in [0.4, 0.5) is 5.69 Å². The van der Waals surface area contributed by atoms with Crippen LogP contribution in [0.25, 0.3) is 0 Å². The molecular weight excluding hydrogens is 348 g/mol. The molecule has 0 aromatic heterocycles. The Morgan fingerprint density at radius 1 is 1.04 bits per heavy atom. The van der Waals surface area contributed by atoms with Gasteiger partial charge < -0.3 is 15.4 Å². The number of hydrogen-bond donors (Lipinski definition) is 2. The molecule has 2 aromatic rings. The lowest BCUT2D eigenvalue weighted by molar-refractivity contribution is -0.120. The van der Waals surface area contributed by atoms with E-state index in [0.29, 0.717) is 13.2 Å². The minimum atomic E-state index is 0.